The van der Waals surface area contributed by atoms with Crippen LogP contribution in [0.2, 0.25) is 0 Å². The van der Waals surface area contributed by atoms with E-state index in [9.17, 15) is 34.5 Å². The fraction of sp³-hybridized carbons (Fsp3) is 0.409. The van der Waals surface area contributed by atoms with E-state index in [0.717, 1.165) is 0 Å². The van der Waals surface area contributed by atoms with Crippen LogP contribution in [0.25, 0.3) is 0 Å². The molecule has 1 amide bonds. The standard InChI is InChI=1S/C44H51NO15/c1-5-20-56-39-16-10-33(11-17-39)42(51)59-26-37(48)23-54-29-44(7-3,28-53-22-36(47)25-58-41(50)32-8-14-35(15-9-32)45-31(4)46)30-55-24-38(49)27-60-43(52)34-12-18-40(19-13-34)57-21-6-2/h1-2,8-19,36-38,47-49H,7,20-30H2,3-4H3,(H,45,46). The van der Waals surface area contributed by atoms with E-state index in [2.05, 4.69) is 17.2 Å². The second-order valence-electron chi connectivity index (χ2n) is 13.4. The van der Waals surface area contributed by atoms with Crippen molar-refractivity contribution in [2.75, 3.05) is 78.0 Å². The van der Waals surface area contributed by atoms with E-state index < -0.39 is 41.6 Å². The van der Waals surface area contributed by atoms with Gasteiger partial charge in [-0.3, -0.25) is 4.79 Å². The number of aliphatic hydroxyl groups is 3. The van der Waals surface area contributed by atoms with Gasteiger partial charge in [0.1, 0.15) is 62.8 Å². The average molecular weight is 834 g/mol. The number of carbonyl (C=O) groups is 4. The summed E-state index contributed by atoms with van der Waals surface area (Å²) in [6.07, 6.45) is 7.21. The van der Waals surface area contributed by atoms with Crippen molar-refractivity contribution < 1.29 is 72.4 Å². The van der Waals surface area contributed by atoms with Gasteiger partial charge in [0.2, 0.25) is 5.91 Å². The van der Waals surface area contributed by atoms with Gasteiger partial charge in [0.05, 0.1) is 56.3 Å². The number of rotatable bonds is 27. The van der Waals surface area contributed by atoms with Gasteiger partial charge >= 0.3 is 17.9 Å². The molecule has 0 heterocycles. The van der Waals surface area contributed by atoms with Crippen molar-refractivity contribution in [3.05, 3.63) is 89.5 Å². The summed E-state index contributed by atoms with van der Waals surface area (Å²) >= 11 is 0. The zero-order valence-electron chi connectivity index (χ0n) is 33.5. The van der Waals surface area contributed by atoms with E-state index >= 15 is 0 Å². The lowest BCUT2D eigenvalue weighted by atomic mass is 9.88. The molecule has 3 atom stereocenters. The molecule has 3 rings (SSSR count). The van der Waals surface area contributed by atoms with E-state index in [1.165, 1.54) is 43.3 Å². The van der Waals surface area contributed by atoms with Crippen LogP contribution in [-0.2, 0) is 33.2 Å². The van der Waals surface area contributed by atoms with E-state index in [-0.39, 0.29) is 95.3 Å². The summed E-state index contributed by atoms with van der Waals surface area (Å²) in [7, 11) is 0. The zero-order valence-corrected chi connectivity index (χ0v) is 33.5. The molecule has 4 N–H and O–H groups in total. The Bertz CT molecular complexity index is 1780. The maximum Gasteiger partial charge on any atom is 0.338 e. The van der Waals surface area contributed by atoms with E-state index in [1.54, 1.807) is 36.4 Å². The first-order chi connectivity index (χ1) is 28.9. The van der Waals surface area contributed by atoms with Crippen LogP contribution in [-0.4, -0.2) is 130 Å². The third-order valence-corrected chi connectivity index (χ3v) is 8.39. The molecular formula is C44H51NO15. The monoisotopic (exact) mass is 833 g/mol. The molecule has 60 heavy (non-hydrogen) atoms. The number of ether oxygens (including phenoxy) is 8. The molecule has 0 aromatic heterocycles. The van der Waals surface area contributed by atoms with Gasteiger partial charge in [-0.2, -0.15) is 0 Å². The molecule has 322 valence electrons. The minimum Gasteiger partial charge on any atom is -0.481 e. The lowest BCUT2D eigenvalue weighted by Crippen LogP contribution is -2.40. The molecular weight excluding hydrogens is 782 g/mol. The van der Waals surface area contributed by atoms with Gasteiger partial charge in [0, 0.05) is 18.0 Å². The molecule has 16 heteroatoms. The fourth-order valence-corrected chi connectivity index (χ4v) is 5.09. The van der Waals surface area contributed by atoms with Crippen LogP contribution < -0.4 is 14.8 Å². The number of hydrogen-bond acceptors (Lipinski definition) is 15. The van der Waals surface area contributed by atoms with Gasteiger partial charge in [-0.25, -0.2) is 14.4 Å². The molecule has 16 nitrogen and oxygen atoms in total. The van der Waals surface area contributed by atoms with E-state index in [4.69, 9.17) is 50.7 Å². The number of amides is 1. The highest BCUT2D eigenvalue weighted by Crippen LogP contribution is 2.25. The normalized spacial score (nSPS) is 13.2. The number of hydrogen-bond donors (Lipinski definition) is 4. The van der Waals surface area contributed by atoms with E-state index in [1.807, 2.05) is 6.92 Å². The van der Waals surface area contributed by atoms with E-state index in [0.29, 0.717) is 23.6 Å². The predicted octanol–water partition coefficient (Wildman–Crippen LogP) is 3.07. The smallest absolute Gasteiger partial charge is 0.338 e. The largest absolute Gasteiger partial charge is 0.481 e. The molecule has 0 saturated heterocycles. The Kier molecular flexibility index (Phi) is 21.1. The fourth-order valence-electron chi connectivity index (χ4n) is 5.09. The van der Waals surface area contributed by atoms with Crippen molar-refractivity contribution in [2.45, 2.75) is 38.6 Å². The lowest BCUT2D eigenvalue weighted by molar-refractivity contribution is -0.114. The SMILES string of the molecule is C#CCOc1ccc(C(=O)OCC(O)COCC(CC)(COCC(O)COC(=O)c2ccc(NC(C)=O)cc2)COCC(O)COC(=O)c2ccc(OCC#C)cc2)cc1. The second-order valence-corrected chi connectivity index (χ2v) is 13.4. The molecule has 0 aliphatic carbocycles. The van der Waals surface area contributed by atoms with Crippen molar-refractivity contribution in [2.24, 2.45) is 5.41 Å². The summed E-state index contributed by atoms with van der Waals surface area (Å²) < 4.78 is 43.8. The number of terminal acetylenes is 2. The Labute approximate surface area is 349 Å². The summed E-state index contributed by atoms with van der Waals surface area (Å²) in [6, 6.07) is 18.3. The molecule has 0 bridgehead atoms. The van der Waals surface area contributed by atoms with Crippen molar-refractivity contribution in [1.29, 1.82) is 0 Å². The minimum absolute atomic E-state index is 0.0285. The Hall–Kier alpha value is -5.98. The first-order valence-corrected chi connectivity index (χ1v) is 18.9. The Morgan fingerprint density at radius 1 is 0.583 bits per heavy atom. The lowest BCUT2D eigenvalue weighted by Gasteiger charge is -2.33. The first-order valence-electron chi connectivity index (χ1n) is 18.9. The number of aliphatic hydroxyl groups excluding tert-OH is 3. The Morgan fingerprint density at radius 3 is 1.22 bits per heavy atom. The predicted molar refractivity (Wildman–Crippen MR) is 216 cm³/mol. The molecule has 3 unspecified atom stereocenters. The van der Waals surface area contributed by atoms with Gasteiger partial charge in [0.15, 0.2) is 0 Å². The molecule has 0 saturated carbocycles. The summed E-state index contributed by atoms with van der Waals surface area (Å²) in [4.78, 5) is 48.7. The van der Waals surface area contributed by atoms with Gasteiger partial charge in [-0.05, 0) is 79.2 Å². The highest BCUT2D eigenvalue weighted by atomic mass is 16.6. The maximum absolute atomic E-state index is 12.5. The van der Waals surface area contributed by atoms with Crippen LogP contribution in [0.15, 0.2) is 72.8 Å². The Morgan fingerprint density at radius 2 is 0.917 bits per heavy atom. The molecule has 3 aromatic rings. The number of benzene rings is 3. The molecule has 0 spiro atoms. The van der Waals surface area contributed by atoms with Crippen LogP contribution in [0.1, 0.15) is 51.3 Å². The van der Waals surface area contributed by atoms with Crippen LogP contribution in [0.5, 0.6) is 11.5 Å². The number of anilines is 1. The first kappa shape index (κ1) is 48.4. The second kappa shape index (κ2) is 26.2. The summed E-state index contributed by atoms with van der Waals surface area (Å²) in [5.41, 5.74) is 0.315. The number of nitrogens with one attached hydrogen (secondary N) is 1. The van der Waals surface area contributed by atoms with Crippen molar-refractivity contribution in [3.63, 3.8) is 0 Å². The summed E-state index contributed by atoms with van der Waals surface area (Å²) in [5, 5.41) is 34.2. The minimum atomic E-state index is -1.20. The van der Waals surface area contributed by atoms with Gasteiger partial charge in [0.25, 0.3) is 0 Å². The Balaban J connectivity index is 1.52. The van der Waals surface area contributed by atoms with Gasteiger partial charge in [-0.15, -0.1) is 12.8 Å². The third kappa shape index (κ3) is 17.9. The third-order valence-electron chi connectivity index (χ3n) is 8.39. The summed E-state index contributed by atoms with van der Waals surface area (Å²) in [5.74, 6) is 3.38. The topological polar surface area (TPSA) is 215 Å². The van der Waals surface area contributed by atoms with Crippen LogP contribution in [0.4, 0.5) is 5.69 Å². The highest BCUT2D eigenvalue weighted by Gasteiger charge is 2.31. The number of carbonyl (C=O) groups excluding carboxylic acids is 4. The molecule has 0 fully saturated rings. The molecule has 3 aromatic carbocycles. The zero-order chi connectivity index (χ0) is 43.8. The van der Waals surface area contributed by atoms with Crippen LogP contribution in [0.3, 0.4) is 0 Å². The average Bonchev–Trinajstić information content (AvgIpc) is 3.25. The molecule has 0 radical (unpaired) electrons. The molecule has 0 aliphatic heterocycles. The molecule has 0 aliphatic rings. The van der Waals surface area contributed by atoms with Crippen molar-refractivity contribution >= 4 is 29.5 Å². The highest BCUT2D eigenvalue weighted by molar-refractivity contribution is 5.92. The van der Waals surface area contributed by atoms with Crippen molar-refractivity contribution in [3.8, 4) is 36.2 Å². The quantitative estimate of drug-likeness (QED) is 0.0494. The van der Waals surface area contributed by atoms with Gasteiger partial charge < -0.3 is 58.5 Å². The van der Waals surface area contributed by atoms with Crippen molar-refractivity contribution in [1.82, 2.24) is 0 Å². The summed E-state index contributed by atoms with van der Waals surface area (Å²) in [6.45, 7) is 1.48. The van der Waals surface area contributed by atoms with Crippen LogP contribution >= 0.6 is 0 Å². The van der Waals surface area contributed by atoms with Gasteiger partial charge in [-0.1, -0.05) is 18.8 Å². The maximum atomic E-state index is 12.5. The van der Waals surface area contributed by atoms with Crippen LogP contribution in [0, 0.1) is 30.1 Å². The number of esters is 3.